The lowest BCUT2D eigenvalue weighted by atomic mass is 10.1. The van der Waals surface area contributed by atoms with Crippen LogP contribution in [0.15, 0.2) is 47.5 Å². The largest absolute Gasteiger partial charge is 0.573 e. The third-order valence-electron chi connectivity index (χ3n) is 5.35. The number of allylic oxidation sites excluding steroid dienone is 1. The van der Waals surface area contributed by atoms with Crippen molar-refractivity contribution in [3.05, 3.63) is 64.5 Å². The van der Waals surface area contributed by atoms with Crippen LogP contribution in [0.2, 0.25) is 0 Å². The zero-order valence-corrected chi connectivity index (χ0v) is 16.9. The average molecular weight is 433 g/mol. The van der Waals surface area contributed by atoms with E-state index in [1.54, 1.807) is 10.7 Å². The maximum atomic E-state index is 12.7. The molecule has 0 spiro atoms. The number of hydrogen-bond acceptors (Lipinski definition) is 5. The maximum Gasteiger partial charge on any atom is 0.573 e. The van der Waals surface area contributed by atoms with Crippen LogP contribution in [0.5, 0.6) is 5.75 Å². The summed E-state index contributed by atoms with van der Waals surface area (Å²) >= 11 is 0. The molecule has 1 aliphatic rings. The van der Waals surface area contributed by atoms with Crippen molar-refractivity contribution in [3.63, 3.8) is 0 Å². The van der Waals surface area contributed by atoms with Gasteiger partial charge in [0.1, 0.15) is 17.0 Å². The van der Waals surface area contributed by atoms with E-state index < -0.39 is 6.36 Å². The van der Waals surface area contributed by atoms with E-state index in [4.69, 9.17) is 0 Å². The van der Waals surface area contributed by atoms with E-state index in [9.17, 15) is 18.0 Å². The molecule has 0 radical (unpaired) electrons. The number of fused-ring (bicyclic) bond motifs is 1. The number of alkyl halides is 3. The van der Waals surface area contributed by atoms with Gasteiger partial charge in [-0.1, -0.05) is 24.8 Å². The monoisotopic (exact) mass is 433 g/mol. The summed E-state index contributed by atoms with van der Waals surface area (Å²) in [6, 6.07) is 5.82. The maximum absolute atomic E-state index is 12.7. The first kappa shape index (κ1) is 21.0. The van der Waals surface area contributed by atoms with E-state index >= 15 is 0 Å². The van der Waals surface area contributed by atoms with Gasteiger partial charge >= 0.3 is 6.36 Å². The summed E-state index contributed by atoms with van der Waals surface area (Å²) in [5, 5.41) is 4.74. The summed E-state index contributed by atoms with van der Waals surface area (Å²) in [4.78, 5) is 21.9. The van der Waals surface area contributed by atoms with Crippen LogP contribution in [0.25, 0.3) is 11.0 Å². The smallest absolute Gasteiger partial charge is 0.405 e. The Hall–Kier alpha value is -3.30. The second-order valence-corrected chi connectivity index (χ2v) is 7.65. The highest BCUT2D eigenvalue weighted by molar-refractivity contribution is 5.73. The van der Waals surface area contributed by atoms with Gasteiger partial charge in [-0.25, -0.2) is 9.67 Å². The van der Waals surface area contributed by atoms with Crippen molar-refractivity contribution in [2.24, 2.45) is 0 Å². The van der Waals surface area contributed by atoms with Gasteiger partial charge in [0.25, 0.3) is 5.56 Å². The van der Waals surface area contributed by atoms with Crippen molar-refractivity contribution >= 4 is 11.0 Å². The summed E-state index contributed by atoms with van der Waals surface area (Å²) in [6.45, 7) is 7.57. The van der Waals surface area contributed by atoms with Crippen molar-refractivity contribution in [1.82, 2.24) is 24.6 Å². The molecule has 0 amide bonds. The Kier molecular flexibility index (Phi) is 5.47. The molecule has 1 atom stereocenters. The van der Waals surface area contributed by atoms with Gasteiger partial charge < -0.3 is 14.6 Å². The Morgan fingerprint density at radius 1 is 1.35 bits per heavy atom. The number of nitrogens with one attached hydrogen (secondary N) is 1. The molecule has 1 aromatic carbocycles. The van der Waals surface area contributed by atoms with Gasteiger partial charge in [-0.05, 0) is 25.8 Å². The van der Waals surface area contributed by atoms with Crippen LogP contribution in [0, 0.1) is 0 Å². The van der Waals surface area contributed by atoms with E-state index in [1.807, 2.05) is 6.92 Å². The second-order valence-electron chi connectivity index (χ2n) is 7.65. The number of nitrogens with zero attached hydrogens (tertiary/aromatic N) is 4. The number of halogens is 3. The fourth-order valence-corrected chi connectivity index (χ4v) is 3.89. The highest BCUT2D eigenvalue weighted by Crippen LogP contribution is 2.28. The topological polar surface area (TPSA) is 76.0 Å². The Bertz CT molecular complexity index is 1170. The minimum atomic E-state index is -4.81. The number of aromatic amines is 1. The highest BCUT2D eigenvalue weighted by atomic mass is 19.4. The summed E-state index contributed by atoms with van der Waals surface area (Å²) in [6.07, 6.45) is -1.52. The SMILES string of the molecule is C=C(C)N1CCCC(n2ncc3c(=O)[nH]c(Cc4ccccc4OC(F)(F)F)nc32)C1. The number of para-hydroxylation sites is 1. The van der Waals surface area contributed by atoms with E-state index in [0.717, 1.165) is 25.1 Å². The molecule has 1 fully saturated rings. The van der Waals surface area contributed by atoms with Crippen molar-refractivity contribution in [1.29, 1.82) is 0 Å². The molecule has 2 aromatic heterocycles. The molecule has 31 heavy (non-hydrogen) atoms. The van der Waals surface area contributed by atoms with Crippen LogP contribution in [-0.4, -0.2) is 44.1 Å². The van der Waals surface area contributed by atoms with Crippen molar-refractivity contribution in [2.45, 2.75) is 38.6 Å². The van der Waals surface area contributed by atoms with Crippen LogP contribution < -0.4 is 10.3 Å². The second kappa shape index (κ2) is 8.09. The average Bonchev–Trinajstić information content (AvgIpc) is 3.13. The number of hydrogen-bond donors (Lipinski definition) is 1. The number of ether oxygens (including phenoxy) is 1. The van der Waals surface area contributed by atoms with Crippen molar-refractivity contribution in [2.75, 3.05) is 13.1 Å². The number of H-pyrrole nitrogens is 1. The van der Waals surface area contributed by atoms with Gasteiger partial charge in [0.2, 0.25) is 0 Å². The quantitative estimate of drug-likeness (QED) is 0.663. The van der Waals surface area contributed by atoms with Crippen LogP contribution >= 0.6 is 0 Å². The molecule has 7 nitrogen and oxygen atoms in total. The van der Waals surface area contributed by atoms with Crippen LogP contribution in [0.4, 0.5) is 13.2 Å². The first-order valence-electron chi connectivity index (χ1n) is 9.92. The number of benzene rings is 1. The molecular formula is C21H22F3N5O2. The molecule has 164 valence electrons. The molecule has 1 N–H and O–H groups in total. The molecule has 1 aliphatic heterocycles. The van der Waals surface area contributed by atoms with Crippen molar-refractivity contribution in [3.8, 4) is 5.75 Å². The third-order valence-corrected chi connectivity index (χ3v) is 5.35. The lowest BCUT2D eigenvalue weighted by Crippen LogP contribution is -2.35. The van der Waals surface area contributed by atoms with E-state index in [0.29, 0.717) is 17.6 Å². The number of rotatable bonds is 5. The van der Waals surface area contributed by atoms with Gasteiger partial charge in [0.15, 0.2) is 5.65 Å². The summed E-state index contributed by atoms with van der Waals surface area (Å²) in [7, 11) is 0. The number of aromatic nitrogens is 4. The lowest BCUT2D eigenvalue weighted by Gasteiger charge is -2.34. The van der Waals surface area contributed by atoms with Gasteiger partial charge in [-0.15, -0.1) is 13.2 Å². The summed E-state index contributed by atoms with van der Waals surface area (Å²) in [5.41, 5.74) is 1.27. The van der Waals surface area contributed by atoms with Crippen LogP contribution in [0.1, 0.15) is 37.2 Å². The van der Waals surface area contributed by atoms with Gasteiger partial charge in [0.05, 0.1) is 12.2 Å². The normalized spacial score (nSPS) is 17.2. The van der Waals surface area contributed by atoms with Crippen molar-refractivity contribution < 1.29 is 17.9 Å². The molecule has 0 aliphatic carbocycles. The molecule has 0 saturated carbocycles. The van der Waals surface area contributed by atoms with Gasteiger partial charge in [-0.3, -0.25) is 4.79 Å². The fraction of sp³-hybridized carbons (Fsp3) is 0.381. The molecular weight excluding hydrogens is 411 g/mol. The third kappa shape index (κ3) is 4.57. The Labute approximate surface area is 176 Å². The van der Waals surface area contributed by atoms with E-state index in [1.165, 1.54) is 24.4 Å². The Morgan fingerprint density at radius 3 is 2.87 bits per heavy atom. The van der Waals surface area contributed by atoms with Gasteiger partial charge in [-0.2, -0.15) is 5.10 Å². The van der Waals surface area contributed by atoms with Gasteiger partial charge in [0, 0.05) is 30.8 Å². The predicted octanol–water partition coefficient (Wildman–Crippen LogP) is 3.78. The Morgan fingerprint density at radius 2 is 2.13 bits per heavy atom. The molecule has 0 bridgehead atoms. The first-order valence-corrected chi connectivity index (χ1v) is 9.92. The molecule has 1 unspecified atom stereocenters. The molecule has 10 heteroatoms. The van der Waals surface area contributed by atoms with E-state index in [2.05, 4.69) is 31.3 Å². The zero-order valence-electron chi connectivity index (χ0n) is 16.9. The summed E-state index contributed by atoms with van der Waals surface area (Å²) in [5.74, 6) is -0.0827. The zero-order chi connectivity index (χ0) is 22.2. The predicted molar refractivity (Wildman–Crippen MR) is 109 cm³/mol. The highest BCUT2D eigenvalue weighted by Gasteiger charge is 2.32. The number of likely N-dealkylation sites (tertiary alicyclic amines) is 1. The minimum absolute atomic E-state index is 0.0194. The van der Waals surface area contributed by atoms with E-state index in [-0.39, 0.29) is 35.2 Å². The molecule has 1 saturated heterocycles. The standard InChI is InChI=1S/C21H22F3N5O2/c1-13(2)28-9-5-7-15(12-28)29-19-16(11-25-29)20(30)27-18(26-19)10-14-6-3-4-8-17(14)31-21(22,23)24/h3-4,6,8,11,15H,1,5,7,9-10,12H2,2H3,(H,26,27,30). The first-order chi connectivity index (χ1) is 14.7. The van der Waals surface area contributed by atoms with Crippen LogP contribution in [0.3, 0.4) is 0 Å². The van der Waals surface area contributed by atoms with Crippen LogP contribution in [-0.2, 0) is 6.42 Å². The minimum Gasteiger partial charge on any atom is -0.405 e. The number of piperidine rings is 1. The Balaban J connectivity index is 1.68. The molecule has 3 aromatic rings. The fourth-order valence-electron chi connectivity index (χ4n) is 3.89. The molecule has 4 rings (SSSR count). The lowest BCUT2D eigenvalue weighted by molar-refractivity contribution is -0.274. The molecule has 3 heterocycles. The summed E-state index contributed by atoms with van der Waals surface area (Å²) < 4.78 is 44.0.